The Bertz CT molecular complexity index is 180. The number of allylic oxidation sites excluding steroid dienone is 2. The van der Waals surface area contributed by atoms with Gasteiger partial charge in [0.15, 0.2) is 0 Å². The molecule has 13 heavy (non-hydrogen) atoms. The third kappa shape index (κ3) is 3.51. The largest absolute Gasteiger partial charge is 0.309 e. The molecule has 0 aromatic rings. The predicted molar refractivity (Wildman–Crippen MR) is 58.8 cm³/mol. The minimum atomic E-state index is 0.764. The van der Waals surface area contributed by atoms with Gasteiger partial charge in [0.25, 0.3) is 0 Å². The number of hydrogen-bond acceptors (Lipinski definition) is 1. The van der Waals surface area contributed by atoms with Crippen LogP contribution in [0.1, 0.15) is 33.1 Å². The molecule has 0 radical (unpaired) electrons. The van der Waals surface area contributed by atoms with Crippen molar-refractivity contribution < 1.29 is 0 Å². The zero-order chi connectivity index (χ0) is 9.84. The molecule has 1 aliphatic rings. The highest BCUT2D eigenvalue weighted by Gasteiger charge is 2.16. The van der Waals surface area contributed by atoms with Crippen molar-refractivity contribution in [1.29, 1.82) is 0 Å². The number of hydrogen-bond donors (Lipinski definition) is 0. The Labute approximate surface area is 82.8 Å². The zero-order valence-corrected chi connectivity index (χ0v) is 9.51. The highest BCUT2D eigenvalue weighted by Crippen LogP contribution is 2.27. The second-order valence-corrected chi connectivity index (χ2v) is 4.84. The number of rotatable bonds is 3. The molecule has 1 rings (SSSR count). The quantitative estimate of drug-likeness (QED) is 0.605. The van der Waals surface area contributed by atoms with Crippen molar-refractivity contribution in [3.63, 3.8) is 0 Å². The van der Waals surface area contributed by atoms with Gasteiger partial charge in [0.05, 0.1) is 0 Å². The van der Waals surface area contributed by atoms with Gasteiger partial charge in [-0.05, 0) is 45.2 Å². The maximum atomic E-state index is 2.47. The van der Waals surface area contributed by atoms with Gasteiger partial charge in [-0.3, -0.25) is 0 Å². The van der Waals surface area contributed by atoms with Crippen LogP contribution < -0.4 is 0 Å². The molecule has 0 aromatic carbocycles. The van der Waals surface area contributed by atoms with Crippen LogP contribution >= 0.6 is 0 Å². The molecule has 1 atom stereocenters. The first-order valence-corrected chi connectivity index (χ1v) is 5.43. The second-order valence-electron chi connectivity index (χ2n) is 4.84. The first-order valence-electron chi connectivity index (χ1n) is 5.43. The van der Waals surface area contributed by atoms with Crippen molar-refractivity contribution in [2.75, 3.05) is 20.6 Å². The predicted octanol–water partition coefficient (Wildman–Crippen LogP) is 2.93. The molecule has 0 spiro atoms. The highest BCUT2D eigenvalue weighted by molar-refractivity contribution is 5.08. The van der Waals surface area contributed by atoms with Gasteiger partial charge in [0.2, 0.25) is 0 Å². The first kappa shape index (κ1) is 10.8. The van der Waals surface area contributed by atoms with Crippen LogP contribution in [0.3, 0.4) is 0 Å². The molecular formula is C12H23N. The van der Waals surface area contributed by atoms with Crippen LogP contribution in [-0.2, 0) is 0 Å². The van der Waals surface area contributed by atoms with Crippen molar-refractivity contribution in [2.24, 2.45) is 11.8 Å². The van der Waals surface area contributed by atoms with E-state index in [4.69, 9.17) is 0 Å². The van der Waals surface area contributed by atoms with Gasteiger partial charge >= 0.3 is 0 Å². The SMILES string of the molecule is CC(C)C1=CCC(CN(C)C)CC1. The summed E-state index contributed by atoms with van der Waals surface area (Å²) in [5, 5.41) is 0. The third-order valence-corrected chi connectivity index (χ3v) is 2.92. The lowest BCUT2D eigenvalue weighted by molar-refractivity contribution is 0.304. The van der Waals surface area contributed by atoms with Crippen LogP contribution in [0.15, 0.2) is 11.6 Å². The lowest BCUT2D eigenvalue weighted by atomic mass is 9.85. The van der Waals surface area contributed by atoms with E-state index in [0.717, 1.165) is 11.8 Å². The molecule has 0 heterocycles. The van der Waals surface area contributed by atoms with Gasteiger partial charge in [-0.25, -0.2) is 0 Å². The van der Waals surface area contributed by atoms with Gasteiger partial charge in [0, 0.05) is 6.54 Å². The highest BCUT2D eigenvalue weighted by atomic mass is 15.1. The van der Waals surface area contributed by atoms with Crippen LogP contribution in [-0.4, -0.2) is 25.5 Å². The molecule has 0 amide bonds. The summed E-state index contributed by atoms with van der Waals surface area (Å²) in [6.07, 6.45) is 6.49. The minimum Gasteiger partial charge on any atom is -0.309 e. The summed E-state index contributed by atoms with van der Waals surface area (Å²) in [4.78, 5) is 2.30. The van der Waals surface area contributed by atoms with Crippen molar-refractivity contribution in [3.05, 3.63) is 11.6 Å². The summed E-state index contributed by atoms with van der Waals surface area (Å²) in [5.41, 5.74) is 1.68. The van der Waals surface area contributed by atoms with Crippen molar-refractivity contribution >= 4 is 0 Å². The monoisotopic (exact) mass is 181 g/mol. The van der Waals surface area contributed by atoms with E-state index < -0.39 is 0 Å². The Morgan fingerprint density at radius 3 is 2.54 bits per heavy atom. The fourth-order valence-corrected chi connectivity index (χ4v) is 2.12. The van der Waals surface area contributed by atoms with Crippen LogP contribution in [0.5, 0.6) is 0 Å². The van der Waals surface area contributed by atoms with Gasteiger partial charge in [-0.15, -0.1) is 0 Å². The fourth-order valence-electron chi connectivity index (χ4n) is 2.12. The summed E-state index contributed by atoms with van der Waals surface area (Å²) in [7, 11) is 4.34. The molecule has 0 fully saturated rings. The minimum absolute atomic E-state index is 0.764. The Morgan fingerprint density at radius 2 is 2.15 bits per heavy atom. The van der Waals surface area contributed by atoms with E-state index in [1.807, 2.05) is 0 Å². The van der Waals surface area contributed by atoms with Crippen molar-refractivity contribution in [1.82, 2.24) is 4.90 Å². The molecule has 0 N–H and O–H groups in total. The van der Waals surface area contributed by atoms with Crippen LogP contribution in [0.4, 0.5) is 0 Å². The molecule has 0 saturated carbocycles. The molecule has 76 valence electrons. The van der Waals surface area contributed by atoms with E-state index >= 15 is 0 Å². The van der Waals surface area contributed by atoms with Gasteiger partial charge in [0.1, 0.15) is 0 Å². The van der Waals surface area contributed by atoms with E-state index in [2.05, 4.69) is 38.9 Å². The van der Waals surface area contributed by atoms with Gasteiger partial charge in [-0.1, -0.05) is 25.5 Å². The Balaban J connectivity index is 2.37. The molecule has 0 aromatic heterocycles. The zero-order valence-electron chi connectivity index (χ0n) is 9.51. The standard InChI is InChI=1S/C12H23N/c1-10(2)12-7-5-11(6-8-12)9-13(3)4/h7,10-11H,5-6,8-9H2,1-4H3. The lowest BCUT2D eigenvalue weighted by Crippen LogP contribution is -2.23. The average molecular weight is 181 g/mol. The molecule has 0 saturated heterocycles. The summed E-state index contributed by atoms with van der Waals surface area (Å²) in [6, 6.07) is 0. The van der Waals surface area contributed by atoms with E-state index in [0.29, 0.717) is 0 Å². The van der Waals surface area contributed by atoms with Crippen LogP contribution in [0.25, 0.3) is 0 Å². The maximum Gasteiger partial charge on any atom is 0.000663 e. The molecule has 1 nitrogen and oxygen atoms in total. The van der Waals surface area contributed by atoms with Crippen molar-refractivity contribution in [3.8, 4) is 0 Å². The smallest absolute Gasteiger partial charge is 0.000663 e. The van der Waals surface area contributed by atoms with E-state index in [-0.39, 0.29) is 0 Å². The molecular weight excluding hydrogens is 158 g/mol. The van der Waals surface area contributed by atoms with Gasteiger partial charge in [-0.2, -0.15) is 0 Å². The van der Waals surface area contributed by atoms with Gasteiger partial charge < -0.3 is 4.90 Å². The maximum absolute atomic E-state index is 2.47. The summed E-state index contributed by atoms with van der Waals surface area (Å²) in [5.74, 6) is 1.66. The van der Waals surface area contributed by atoms with Crippen molar-refractivity contribution in [2.45, 2.75) is 33.1 Å². The molecule has 1 unspecified atom stereocenters. The summed E-state index contributed by atoms with van der Waals surface area (Å²) in [6.45, 7) is 5.86. The average Bonchev–Trinajstić information content (AvgIpc) is 2.04. The third-order valence-electron chi connectivity index (χ3n) is 2.92. The molecule has 0 aliphatic heterocycles. The Hall–Kier alpha value is -0.300. The Kier molecular flexibility index (Phi) is 3.98. The van der Waals surface area contributed by atoms with Crippen LogP contribution in [0, 0.1) is 11.8 Å². The fraction of sp³-hybridized carbons (Fsp3) is 0.833. The molecule has 1 heteroatoms. The lowest BCUT2D eigenvalue weighted by Gasteiger charge is -2.26. The second kappa shape index (κ2) is 4.80. The van der Waals surface area contributed by atoms with E-state index in [1.54, 1.807) is 5.57 Å². The Morgan fingerprint density at radius 1 is 1.46 bits per heavy atom. The number of nitrogens with zero attached hydrogens (tertiary/aromatic N) is 1. The molecule has 1 aliphatic carbocycles. The van der Waals surface area contributed by atoms with E-state index in [1.165, 1.54) is 25.8 Å². The van der Waals surface area contributed by atoms with Crippen LogP contribution in [0.2, 0.25) is 0 Å². The topological polar surface area (TPSA) is 3.24 Å². The normalized spacial score (nSPS) is 23.8. The summed E-state index contributed by atoms with van der Waals surface area (Å²) < 4.78 is 0. The first-order chi connectivity index (χ1) is 6.09. The summed E-state index contributed by atoms with van der Waals surface area (Å²) >= 11 is 0. The van der Waals surface area contributed by atoms with E-state index in [9.17, 15) is 0 Å². The molecule has 0 bridgehead atoms.